The molecule has 2 aromatic carbocycles. The Morgan fingerprint density at radius 2 is 1.72 bits per heavy atom. The number of fused-ring (bicyclic) bond motifs is 1. The molecule has 0 saturated carbocycles. The summed E-state index contributed by atoms with van der Waals surface area (Å²) in [5.41, 5.74) is 2.06. The van der Waals surface area contributed by atoms with E-state index in [0.717, 1.165) is 31.7 Å². The van der Waals surface area contributed by atoms with Gasteiger partial charge in [-0.2, -0.15) is 0 Å². The average molecular weight is 507 g/mol. The maximum Gasteiger partial charge on any atom is 0.309 e. The second-order valence-electron chi connectivity index (χ2n) is 8.95. The van der Waals surface area contributed by atoms with Crippen LogP contribution in [-0.4, -0.2) is 55.7 Å². The molecule has 0 spiro atoms. The summed E-state index contributed by atoms with van der Waals surface area (Å²) >= 11 is 1.67. The van der Waals surface area contributed by atoms with Gasteiger partial charge in [0.25, 0.3) is 0 Å². The largest absolute Gasteiger partial charge is 0.454 e. The second-order valence-corrected chi connectivity index (χ2v) is 9.93. The molecule has 188 valence electrons. The van der Waals surface area contributed by atoms with E-state index >= 15 is 0 Å². The molecule has 1 aromatic heterocycles. The smallest absolute Gasteiger partial charge is 0.309 e. The van der Waals surface area contributed by atoms with E-state index in [2.05, 4.69) is 56.1 Å². The monoisotopic (exact) mass is 506 g/mol. The molecule has 9 heteroatoms. The van der Waals surface area contributed by atoms with Crippen molar-refractivity contribution in [1.82, 2.24) is 15.5 Å². The highest BCUT2D eigenvalue weighted by molar-refractivity contribution is 7.10. The first-order valence-electron chi connectivity index (χ1n) is 12.1. The van der Waals surface area contributed by atoms with Crippen LogP contribution in [0, 0.1) is 0 Å². The van der Waals surface area contributed by atoms with Gasteiger partial charge in [-0.1, -0.05) is 30.3 Å². The van der Waals surface area contributed by atoms with Gasteiger partial charge >= 0.3 is 11.8 Å². The summed E-state index contributed by atoms with van der Waals surface area (Å²) in [6.07, 6.45) is 0. The maximum absolute atomic E-state index is 12.8. The van der Waals surface area contributed by atoms with Crippen molar-refractivity contribution in [2.75, 3.05) is 37.9 Å². The van der Waals surface area contributed by atoms with Crippen LogP contribution in [0.5, 0.6) is 11.5 Å². The predicted octanol–water partition coefficient (Wildman–Crippen LogP) is 3.16. The number of nitrogens with zero attached hydrogens (tertiary/aromatic N) is 2. The van der Waals surface area contributed by atoms with Gasteiger partial charge in [0, 0.05) is 49.3 Å². The van der Waals surface area contributed by atoms with Gasteiger partial charge in [0.2, 0.25) is 6.79 Å². The summed E-state index contributed by atoms with van der Waals surface area (Å²) in [6.45, 7) is 5.94. The molecule has 1 saturated heterocycles. The minimum absolute atomic E-state index is 0.00599. The Bertz CT molecular complexity index is 1180. The Labute approximate surface area is 214 Å². The normalized spacial score (nSPS) is 16.9. The average Bonchev–Trinajstić information content (AvgIpc) is 3.60. The number of ether oxygens (including phenoxy) is 2. The van der Waals surface area contributed by atoms with Crippen LogP contribution in [0.2, 0.25) is 0 Å². The molecule has 0 aliphatic carbocycles. The molecule has 36 heavy (non-hydrogen) atoms. The number of carbonyl (C=O) groups excluding carboxylic acids is 2. The van der Waals surface area contributed by atoms with Crippen molar-refractivity contribution in [3.05, 3.63) is 76.5 Å². The Balaban J connectivity index is 1.18. The van der Waals surface area contributed by atoms with E-state index in [1.807, 2.05) is 31.2 Å². The zero-order chi connectivity index (χ0) is 24.9. The van der Waals surface area contributed by atoms with Crippen molar-refractivity contribution < 1.29 is 19.1 Å². The van der Waals surface area contributed by atoms with Crippen molar-refractivity contribution >= 4 is 28.8 Å². The summed E-state index contributed by atoms with van der Waals surface area (Å²) in [4.78, 5) is 31.3. The van der Waals surface area contributed by atoms with E-state index in [9.17, 15) is 9.59 Å². The molecular formula is C27H30N4O4S. The number of benzene rings is 2. The zero-order valence-electron chi connectivity index (χ0n) is 20.2. The molecule has 2 amide bonds. The fourth-order valence-electron chi connectivity index (χ4n) is 4.76. The molecule has 0 bridgehead atoms. The topological polar surface area (TPSA) is 83.1 Å². The molecule has 3 aromatic rings. The van der Waals surface area contributed by atoms with Gasteiger partial charge in [-0.15, -0.1) is 11.3 Å². The van der Waals surface area contributed by atoms with Crippen LogP contribution >= 0.6 is 11.3 Å². The first-order valence-corrected chi connectivity index (χ1v) is 13.0. The maximum atomic E-state index is 12.8. The number of anilines is 1. The third kappa shape index (κ3) is 5.47. The fraction of sp³-hybridized carbons (Fsp3) is 0.333. The number of carbonyl (C=O) groups is 2. The highest BCUT2D eigenvalue weighted by Crippen LogP contribution is 2.32. The minimum atomic E-state index is -0.654. The molecule has 3 heterocycles. The highest BCUT2D eigenvalue weighted by atomic mass is 32.1. The van der Waals surface area contributed by atoms with E-state index in [1.165, 1.54) is 10.6 Å². The van der Waals surface area contributed by atoms with Gasteiger partial charge in [0.1, 0.15) is 0 Å². The van der Waals surface area contributed by atoms with Crippen LogP contribution in [0.1, 0.15) is 23.4 Å². The lowest BCUT2D eigenvalue weighted by Crippen LogP contribution is -2.53. The Hall–Kier alpha value is -3.56. The number of thiophene rings is 1. The summed E-state index contributed by atoms with van der Waals surface area (Å²) in [5, 5.41) is 7.70. The number of hydrogen-bond donors (Lipinski definition) is 2. The van der Waals surface area contributed by atoms with Crippen LogP contribution < -0.4 is 25.0 Å². The fourth-order valence-corrected chi connectivity index (χ4v) is 5.73. The van der Waals surface area contributed by atoms with Gasteiger partial charge < -0.3 is 25.0 Å². The molecule has 5 rings (SSSR count). The summed E-state index contributed by atoms with van der Waals surface area (Å²) in [5.74, 6) is 0.0397. The number of amides is 2. The second kappa shape index (κ2) is 11.0. The predicted molar refractivity (Wildman–Crippen MR) is 139 cm³/mol. The van der Waals surface area contributed by atoms with Crippen LogP contribution in [-0.2, 0) is 16.1 Å². The van der Waals surface area contributed by atoms with Gasteiger partial charge in [0.05, 0.1) is 6.04 Å². The summed E-state index contributed by atoms with van der Waals surface area (Å²) in [6, 6.07) is 19.8. The van der Waals surface area contributed by atoms with Crippen molar-refractivity contribution in [3.8, 4) is 11.5 Å². The van der Waals surface area contributed by atoms with Gasteiger partial charge in [0.15, 0.2) is 11.5 Å². The molecule has 2 N–H and O–H groups in total. The van der Waals surface area contributed by atoms with E-state index in [-0.39, 0.29) is 25.4 Å². The number of para-hydroxylation sites is 1. The van der Waals surface area contributed by atoms with E-state index < -0.39 is 11.8 Å². The third-order valence-corrected chi connectivity index (χ3v) is 7.54. The molecule has 0 unspecified atom stereocenters. The van der Waals surface area contributed by atoms with Gasteiger partial charge in [-0.25, -0.2) is 0 Å². The lowest BCUT2D eigenvalue weighted by Gasteiger charge is -2.42. The van der Waals surface area contributed by atoms with E-state index in [1.54, 1.807) is 17.4 Å². The molecule has 8 nitrogen and oxygen atoms in total. The van der Waals surface area contributed by atoms with E-state index in [4.69, 9.17) is 9.47 Å². The first-order chi connectivity index (χ1) is 17.6. The highest BCUT2D eigenvalue weighted by Gasteiger charge is 2.32. The summed E-state index contributed by atoms with van der Waals surface area (Å²) in [7, 11) is 0. The Morgan fingerprint density at radius 1 is 0.944 bits per heavy atom. The van der Waals surface area contributed by atoms with Crippen molar-refractivity contribution in [2.24, 2.45) is 0 Å². The number of rotatable bonds is 7. The number of piperazine rings is 1. The molecule has 2 aliphatic rings. The third-order valence-electron chi connectivity index (χ3n) is 6.59. The van der Waals surface area contributed by atoms with Gasteiger partial charge in [-0.05, 0) is 48.2 Å². The summed E-state index contributed by atoms with van der Waals surface area (Å²) < 4.78 is 10.7. The lowest BCUT2D eigenvalue weighted by atomic mass is 10.0. The first kappa shape index (κ1) is 24.1. The molecule has 1 fully saturated rings. The zero-order valence-corrected chi connectivity index (χ0v) is 21.0. The lowest BCUT2D eigenvalue weighted by molar-refractivity contribution is -0.140. The van der Waals surface area contributed by atoms with Crippen LogP contribution in [0.15, 0.2) is 66.0 Å². The minimum Gasteiger partial charge on any atom is -0.454 e. The SMILES string of the molecule is C[C@H](NC(=O)C(=O)NCc1ccc2c(c1)OCO2)[C@H](c1cccs1)N1CCN(c2ccccc2)CC1. The standard InChI is InChI=1S/C27H30N4O4S/c1-19(29-27(33)26(32)28-17-20-9-10-22-23(16-20)35-18-34-22)25(24-8-5-15-36-24)31-13-11-30(12-14-31)21-6-3-2-4-7-21/h2-10,15-16,19,25H,11-14,17-18H2,1H3,(H,28,32)(H,29,33)/t19-,25+/m0/s1. The van der Waals surface area contributed by atoms with Crippen LogP contribution in [0.3, 0.4) is 0 Å². The molecule has 2 aliphatic heterocycles. The quantitative estimate of drug-likeness (QED) is 0.479. The number of hydrogen-bond acceptors (Lipinski definition) is 7. The Kier molecular flexibility index (Phi) is 7.39. The van der Waals surface area contributed by atoms with Crippen molar-refractivity contribution in [1.29, 1.82) is 0 Å². The van der Waals surface area contributed by atoms with Crippen LogP contribution in [0.4, 0.5) is 5.69 Å². The number of nitrogens with one attached hydrogen (secondary N) is 2. The van der Waals surface area contributed by atoms with Crippen molar-refractivity contribution in [3.63, 3.8) is 0 Å². The molecular weight excluding hydrogens is 476 g/mol. The van der Waals surface area contributed by atoms with Gasteiger partial charge in [-0.3, -0.25) is 14.5 Å². The molecule has 2 atom stereocenters. The Morgan fingerprint density at radius 3 is 2.47 bits per heavy atom. The van der Waals surface area contributed by atoms with E-state index in [0.29, 0.717) is 11.5 Å². The van der Waals surface area contributed by atoms with Crippen LogP contribution in [0.25, 0.3) is 0 Å². The van der Waals surface area contributed by atoms with Crippen molar-refractivity contribution in [2.45, 2.75) is 25.6 Å². The molecule has 0 radical (unpaired) electrons.